The zero-order valence-electron chi connectivity index (χ0n) is 19.7. The Morgan fingerprint density at radius 3 is 2.38 bits per heavy atom. The molecule has 0 bridgehead atoms. The largest absolute Gasteiger partial charge is 0.507 e. The van der Waals surface area contributed by atoms with Crippen LogP contribution in [0.15, 0.2) is 29.8 Å². The molecule has 1 aromatic carbocycles. The van der Waals surface area contributed by atoms with Crippen LogP contribution >= 0.6 is 11.8 Å². The lowest BCUT2D eigenvalue weighted by Crippen LogP contribution is -2.89. The number of thioether (sulfide) groups is 1. The number of carboxylic acids is 1. The number of aromatic hydroxyl groups is 1. The summed E-state index contributed by atoms with van der Waals surface area (Å²) in [7, 11) is 0. The minimum atomic E-state index is -3.51. The number of aliphatic carboxylic acids is 1. The predicted molar refractivity (Wildman–Crippen MR) is 126 cm³/mol. The summed E-state index contributed by atoms with van der Waals surface area (Å²) in [6, 6.07) is 1.64. The number of rotatable bonds is 5. The van der Waals surface area contributed by atoms with Gasteiger partial charge in [-0.25, -0.2) is 4.79 Å². The number of aliphatic hydroxyl groups is 4. The van der Waals surface area contributed by atoms with Crippen molar-refractivity contribution in [3.05, 3.63) is 41.0 Å². The molecular weight excluding hydrogens is 510 g/mol. The van der Waals surface area contributed by atoms with Crippen LogP contribution in [-0.2, 0) is 14.4 Å². The first-order chi connectivity index (χ1) is 17.1. The third kappa shape index (κ3) is 3.28. The van der Waals surface area contributed by atoms with Gasteiger partial charge in [0.1, 0.15) is 22.1 Å². The third-order valence-electron chi connectivity index (χ3n) is 7.37. The molecule has 198 valence electrons. The molecule has 0 aromatic heterocycles. The summed E-state index contributed by atoms with van der Waals surface area (Å²) < 4.78 is -2.86. The normalized spacial score (nSPS) is 35.6. The maximum Gasteiger partial charge on any atom is 0.327 e. The Kier molecular flexibility index (Phi) is 6.16. The van der Waals surface area contributed by atoms with Gasteiger partial charge in [-0.15, -0.1) is 11.8 Å². The molecule has 6 atom stereocenters. The molecule has 0 heterocycles. The molecular formula is C24H25NO11S. The van der Waals surface area contributed by atoms with Crippen molar-refractivity contribution in [1.29, 1.82) is 0 Å². The second-order valence-corrected chi connectivity index (χ2v) is 11.0. The first-order valence-electron chi connectivity index (χ1n) is 11.2. The molecule has 1 amide bonds. The Labute approximate surface area is 214 Å². The Bertz CT molecular complexity index is 1290. The minimum Gasteiger partial charge on any atom is -0.507 e. The third-order valence-corrected chi connectivity index (χ3v) is 9.08. The summed E-state index contributed by atoms with van der Waals surface area (Å²) in [5.74, 6) is -7.70. The van der Waals surface area contributed by atoms with E-state index in [-0.39, 0.29) is 17.3 Å². The Balaban J connectivity index is 2.03. The monoisotopic (exact) mass is 535 g/mol. The van der Waals surface area contributed by atoms with Gasteiger partial charge in [-0.1, -0.05) is 17.7 Å². The minimum absolute atomic E-state index is 0.233. The van der Waals surface area contributed by atoms with Crippen LogP contribution in [0.1, 0.15) is 47.4 Å². The molecule has 5 unspecified atom stereocenters. The van der Waals surface area contributed by atoms with Gasteiger partial charge < -0.3 is 36.0 Å². The number of phenolic OH excluding ortho intramolecular Hbond substituents is 1. The number of ketones is 3. The maximum atomic E-state index is 14.0. The standard InChI is InChI=1S/C24H25NO11S/c1-10-6-15(28)23(35)21(34,7-10)8-16(29)22(37-9-13(20(32)33)25-11(2)26)19(31)17-12(4-3-5-14(17)27)18(30)24(22,23)36/h3-6,13,16,27,29,34-36H,7-9H2,1-2H3,(H,25,26)(H,32,33)/t13-,16?,21?,22?,23?,24?/m0/s1. The van der Waals surface area contributed by atoms with E-state index in [1.807, 2.05) is 0 Å². The van der Waals surface area contributed by atoms with Crippen LogP contribution in [0, 0.1) is 0 Å². The molecule has 0 spiro atoms. The molecule has 13 heteroatoms. The van der Waals surface area contributed by atoms with E-state index in [9.17, 15) is 54.6 Å². The number of Topliss-reactive ketones (excluding diaryl/α,β-unsaturated/α-hetero) is 2. The van der Waals surface area contributed by atoms with Crippen LogP contribution in [0.4, 0.5) is 0 Å². The van der Waals surface area contributed by atoms with E-state index in [0.717, 1.165) is 25.1 Å². The highest BCUT2D eigenvalue weighted by Gasteiger charge is 2.85. The number of phenols is 1. The van der Waals surface area contributed by atoms with Gasteiger partial charge in [-0.05, 0) is 19.1 Å². The highest BCUT2D eigenvalue weighted by Crippen LogP contribution is 2.62. The topological polar surface area (TPSA) is 219 Å². The lowest BCUT2D eigenvalue weighted by molar-refractivity contribution is -0.260. The van der Waals surface area contributed by atoms with Gasteiger partial charge in [-0.3, -0.25) is 19.2 Å². The summed E-state index contributed by atoms with van der Waals surface area (Å²) in [6.07, 6.45) is -2.52. The van der Waals surface area contributed by atoms with Crippen LogP contribution in [0.5, 0.6) is 5.75 Å². The Morgan fingerprint density at radius 2 is 1.78 bits per heavy atom. The zero-order valence-corrected chi connectivity index (χ0v) is 20.5. The van der Waals surface area contributed by atoms with Crippen molar-refractivity contribution < 1.29 is 54.6 Å². The van der Waals surface area contributed by atoms with Crippen molar-refractivity contribution in [3.63, 3.8) is 0 Å². The summed E-state index contributed by atoms with van der Waals surface area (Å²) in [5.41, 5.74) is -10.3. The molecule has 1 fully saturated rings. The number of carbonyl (C=O) groups excluding carboxylic acids is 4. The summed E-state index contributed by atoms with van der Waals surface area (Å²) in [6.45, 7) is 2.49. The zero-order chi connectivity index (χ0) is 27.7. The van der Waals surface area contributed by atoms with Gasteiger partial charge in [0.15, 0.2) is 22.8 Å². The Morgan fingerprint density at radius 1 is 1.14 bits per heavy atom. The number of benzene rings is 1. The number of carbonyl (C=O) groups is 5. The summed E-state index contributed by atoms with van der Waals surface area (Å²) in [5, 5.41) is 69.0. The fraction of sp³-hybridized carbons (Fsp3) is 0.458. The fourth-order valence-corrected chi connectivity index (χ4v) is 7.42. The van der Waals surface area contributed by atoms with Gasteiger partial charge in [0.25, 0.3) is 0 Å². The van der Waals surface area contributed by atoms with Crippen LogP contribution in [0.2, 0.25) is 0 Å². The number of fused-ring (bicyclic) bond motifs is 4. The van der Waals surface area contributed by atoms with Gasteiger partial charge in [0.05, 0.1) is 11.7 Å². The molecule has 7 N–H and O–H groups in total. The average Bonchev–Trinajstić information content (AvgIpc) is 2.78. The van der Waals surface area contributed by atoms with E-state index in [0.29, 0.717) is 0 Å². The second-order valence-electron chi connectivity index (χ2n) is 9.70. The van der Waals surface area contributed by atoms with E-state index in [2.05, 4.69) is 5.32 Å². The molecule has 0 aliphatic heterocycles. The lowest BCUT2D eigenvalue weighted by Gasteiger charge is -2.64. The number of hydrogen-bond donors (Lipinski definition) is 7. The van der Waals surface area contributed by atoms with E-state index >= 15 is 0 Å². The molecule has 37 heavy (non-hydrogen) atoms. The number of hydrogen-bond acceptors (Lipinski definition) is 11. The van der Waals surface area contributed by atoms with Crippen molar-refractivity contribution in [3.8, 4) is 5.75 Å². The van der Waals surface area contributed by atoms with Crippen molar-refractivity contribution >= 4 is 41.0 Å². The predicted octanol–water partition coefficient (Wildman–Crippen LogP) is -1.29. The molecule has 12 nitrogen and oxygen atoms in total. The van der Waals surface area contributed by atoms with Crippen molar-refractivity contribution in [1.82, 2.24) is 5.32 Å². The molecule has 1 aromatic rings. The van der Waals surface area contributed by atoms with E-state index in [4.69, 9.17) is 0 Å². The van der Waals surface area contributed by atoms with Gasteiger partial charge in [0, 0.05) is 31.1 Å². The number of carboxylic acid groups (broad SMARTS) is 1. The molecule has 3 aliphatic carbocycles. The second kappa shape index (κ2) is 8.46. The van der Waals surface area contributed by atoms with E-state index in [1.165, 1.54) is 13.0 Å². The highest BCUT2D eigenvalue weighted by molar-refractivity contribution is 8.01. The van der Waals surface area contributed by atoms with Gasteiger partial charge in [-0.2, -0.15) is 0 Å². The van der Waals surface area contributed by atoms with Gasteiger partial charge >= 0.3 is 5.97 Å². The van der Waals surface area contributed by atoms with Crippen molar-refractivity contribution in [2.24, 2.45) is 0 Å². The summed E-state index contributed by atoms with van der Waals surface area (Å²) in [4.78, 5) is 64.6. The first kappa shape index (κ1) is 26.9. The van der Waals surface area contributed by atoms with Crippen LogP contribution in [-0.4, -0.2) is 99.3 Å². The quantitative estimate of drug-likeness (QED) is 0.234. The molecule has 0 saturated heterocycles. The fourth-order valence-electron chi connectivity index (χ4n) is 5.80. The maximum absolute atomic E-state index is 14.0. The van der Waals surface area contributed by atoms with Crippen LogP contribution in [0.25, 0.3) is 0 Å². The molecule has 4 rings (SSSR count). The first-order valence-corrected chi connectivity index (χ1v) is 12.2. The lowest BCUT2D eigenvalue weighted by atomic mass is 9.48. The van der Waals surface area contributed by atoms with Crippen LogP contribution in [0.3, 0.4) is 0 Å². The highest BCUT2D eigenvalue weighted by atomic mass is 32.2. The van der Waals surface area contributed by atoms with Crippen molar-refractivity contribution in [2.45, 2.75) is 60.4 Å². The van der Waals surface area contributed by atoms with Crippen LogP contribution < -0.4 is 5.32 Å². The average molecular weight is 536 g/mol. The van der Waals surface area contributed by atoms with Gasteiger partial charge in [0.2, 0.25) is 11.7 Å². The van der Waals surface area contributed by atoms with E-state index < -0.39 is 98.4 Å². The SMILES string of the molecule is CC(=O)N[C@@H](CSC12C(=O)c3c(O)cccc3C(=O)C1(O)C1(O)C(=O)C=C(C)CC1(O)CC2O)C(=O)O. The smallest absolute Gasteiger partial charge is 0.327 e. The molecule has 3 aliphatic rings. The summed E-state index contributed by atoms with van der Waals surface area (Å²) >= 11 is 0.233. The number of aliphatic hydroxyl groups excluding tert-OH is 1. The number of nitrogens with one attached hydrogen (secondary N) is 1. The molecule has 1 saturated carbocycles. The number of amides is 1. The van der Waals surface area contributed by atoms with Crippen molar-refractivity contribution in [2.75, 3.05) is 5.75 Å². The molecule has 0 radical (unpaired) electrons. The van der Waals surface area contributed by atoms with E-state index in [1.54, 1.807) is 0 Å². The Hall–Kier alpha value is -3.10.